The molecule has 5 N–H and O–H groups in total. The Hall–Kier alpha value is -1.44. The largest absolute Gasteiger partial charge is 0.505 e. The summed E-state index contributed by atoms with van der Waals surface area (Å²) in [6.45, 7) is 0. The molecule has 3 radical (unpaired) electrons. The van der Waals surface area contributed by atoms with Crippen LogP contribution in [0.25, 0.3) is 21.5 Å². The number of azo groups is 1. The molecular weight excluding hydrogens is 757 g/mol. The van der Waals surface area contributed by atoms with Crippen molar-refractivity contribution in [2.45, 2.75) is 14.7 Å². The van der Waals surface area contributed by atoms with E-state index in [9.17, 15) is 52.8 Å². The molecule has 15 nitrogen and oxygen atoms in total. The maximum absolute atomic E-state index is 13.7. The summed E-state index contributed by atoms with van der Waals surface area (Å²) in [5.41, 5.74) is -1.49. The fraction of sp³-hybridized carbons (Fsp3) is 0. The molecule has 1 heterocycles. The summed E-state index contributed by atoms with van der Waals surface area (Å²) in [6.07, 6.45) is -1.44. The quantitative estimate of drug-likeness (QED) is 0.0513. The number of hydrogen-bond donors (Lipinski definition) is 5. The molecule has 5 rings (SSSR count). The fourth-order valence-electron chi connectivity index (χ4n) is 4.30. The fourth-order valence-corrected chi connectivity index (χ4v) is 6.63. The molecule has 0 aliphatic carbocycles. The molecule has 5 aromatic rings. The SMILES string of the molecule is O=S(=O)(O)c1cc2cc(Nc3nc(F)nc(F)c3Cl)ccc2c(O)c1N=Nc1ccc2c(S(=O)(=O)O)cccc2c1S(=O)(=O)O.[Na].[Na].[Na]. The number of anilines is 2. The average Bonchev–Trinajstić information content (AvgIpc) is 2.92. The van der Waals surface area contributed by atoms with Gasteiger partial charge >= 0.3 is 6.08 Å². The zero-order valence-corrected chi connectivity index (χ0v) is 33.8. The van der Waals surface area contributed by atoms with E-state index in [2.05, 4.69) is 25.5 Å². The van der Waals surface area contributed by atoms with Crippen molar-refractivity contribution in [1.82, 2.24) is 9.97 Å². The summed E-state index contributed by atoms with van der Waals surface area (Å²) in [5, 5.41) is 19.2. The van der Waals surface area contributed by atoms with Crippen LogP contribution >= 0.6 is 11.6 Å². The van der Waals surface area contributed by atoms with Crippen molar-refractivity contribution in [1.29, 1.82) is 0 Å². The number of aromatic nitrogens is 2. The number of nitrogens with zero attached hydrogens (tertiary/aromatic N) is 4. The summed E-state index contributed by atoms with van der Waals surface area (Å²) in [6, 6.07) is 9.54. The maximum Gasteiger partial charge on any atom is 0.313 e. The number of fused-ring (bicyclic) bond motifs is 2. The second-order valence-electron chi connectivity index (χ2n) is 8.97. The van der Waals surface area contributed by atoms with E-state index in [0.29, 0.717) is 0 Å². The number of aromatic hydroxyl groups is 1. The average molecular weight is 771 g/mol. The van der Waals surface area contributed by atoms with E-state index >= 15 is 0 Å². The van der Waals surface area contributed by atoms with Crippen LogP contribution in [-0.4, -0.2) is 143 Å². The van der Waals surface area contributed by atoms with Gasteiger partial charge in [0.25, 0.3) is 30.4 Å². The number of rotatable bonds is 7. The summed E-state index contributed by atoms with van der Waals surface area (Å²) >= 11 is 5.75. The molecule has 48 heavy (non-hydrogen) atoms. The minimum absolute atomic E-state index is 0. The molecule has 0 aliphatic rings. The molecule has 0 atom stereocenters. The third kappa shape index (κ3) is 8.88. The van der Waals surface area contributed by atoms with Crippen LogP contribution in [0.2, 0.25) is 5.02 Å². The summed E-state index contributed by atoms with van der Waals surface area (Å²) in [5.74, 6) is -2.73. The summed E-state index contributed by atoms with van der Waals surface area (Å²) in [4.78, 5) is 3.47. The van der Waals surface area contributed by atoms with E-state index in [-0.39, 0.29) is 111 Å². The second kappa shape index (κ2) is 15.8. The Morgan fingerprint density at radius 3 is 1.96 bits per heavy atom. The normalized spacial score (nSPS) is 12.0. The van der Waals surface area contributed by atoms with Gasteiger partial charge in [0.05, 0.1) is 0 Å². The third-order valence-corrected chi connectivity index (χ3v) is 9.18. The zero-order valence-electron chi connectivity index (χ0n) is 24.6. The van der Waals surface area contributed by atoms with E-state index in [1.165, 1.54) is 18.2 Å². The maximum atomic E-state index is 13.7. The predicted molar refractivity (Wildman–Crippen MR) is 171 cm³/mol. The molecule has 0 aliphatic heterocycles. The van der Waals surface area contributed by atoms with Gasteiger partial charge in [0.15, 0.2) is 11.6 Å². The molecule has 1 aromatic heterocycles. The Morgan fingerprint density at radius 1 is 0.729 bits per heavy atom. The second-order valence-corrected chi connectivity index (χ2v) is 13.5. The molecule has 0 unspecified atom stereocenters. The van der Waals surface area contributed by atoms with Crippen molar-refractivity contribution in [3.63, 3.8) is 0 Å². The molecule has 0 spiro atoms. The van der Waals surface area contributed by atoms with Crippen molar-refractivity contribution in [2.75, 3.05) is 5.32 Å². The zero-order chi connectivity index (χ0) is 33.1. The van der Waals surface area contributed by atoms with Crippen LogP contribution in [0.4, 0.5) is 31.7 Å². The minimum Gasteiger partial charge on any atom is -0.505 e. The van der Waals surface area contributed by atoms with Crippen LogP contribution in [0.1, 0.15) is 0 Å². The number of halogens is 3. The van der Waals surface area contributed by atoms with Gasteiger partial charge in [0.1, 0.15) is 31.1 Å². The summed E-state index contributed by atoms with van der Waals surface area (Å²) in [7, 11) is -15.2. The Morgan fingerprint density at radius 2 is 1.35 bits per heavy atom. The van der Waals surface area contributed by atoms with Crippen molar-refractivity contribution in [3.8, 4) is 5.75 Å². The van der Waals surface area contributed by atoms with Gasteiger partial charge in [-0.3, -0.25) is 13.7 Å². The van der Waals surface area contributed by atoms with Crippen LogP contribution in [0.5, 0.6) is 5.75 Å². The Labute approximate surface area is 341 Å². The smallest absolute Gasteiger partial charge is 0.313 e. The number of benzene rings is 4. The van der Waals surface area contributed by atoms with Crippen molar-refractivity contribution < 1.29 is 52.8 Å². The first-order valence-corrected chi connectivity index (χ1v) is 16.4. The Balaban J connectivity index is 0.00000267. The van der Waals surface area contributed by atoms with Gasteiger partial charge in [0, 0.05) is 111 Å². The molecule has 0 saturated carbocycles. The number of phenolic OH excluding ortho intramolecular Hbond substituents is 1. The third-order valence-electron chi connectivity index (χ3n) is 6.12. The van der Waals surface area contributed by atoms with Crippen molar-refractivity contribution in [2.24, 2.45) is 10.2 Å². The predicted octanol–water partition coefficient (Wildman–Crippen LogP) is 4.18. The molecule has 24 heteroatoms. The van der Waals surface area contributed by atoms with E-state index in [4.69, 9.17) is 11.6 Å². The van der Waals surface area contributed by atoms with Gasteiger partial charge in [-0.05, 0) is 41.8 Å². The first kappa shape index (κ1) is 42.7. The number of hydrogen-bond acceptors (Lipinski definition) is 12. The van der Waals surface area contributed by atoms with E-state index in [0.717, 1.165) is 36.4 Å². The van der Waals surface area contributed by atoms with Crippen LogP contribution in [-0.2, 0) is 30.4 Å². The minimum atomic E-state index is -5.18. The molecule has 0 saturated heterocycles. The van der Waals surface area contributed by atoms with E-state index in [1.54, 1.807) is 0 Å². The standard InChI is InChI=1S/C24H14ClF2N5O10S3.3Na/c25-18-22(26)29-24(27)30-23(18)28-11-4-5-12-10(8-11)9-17(44(37,38)39)19(20(12)33)32-31-15-7-6-13-14(21(15)45(40,41)42)2-1-3-16(13)43(34,35)36;;;/h1-9,33H,(H,28,29,30)(H,34,35,36)(H,37,38,39)(H,40,41,42);;;. The van der Waals surface area contributed by atoms with E-state index in [1.807, 2.05) is 0 Å². The van der Waals surface area contributed by atoms with Gasteiger partial charge in [-0.25, -0.2) is 0 Å². The molecule has 237 valence electrons. The molecule has 0 bridgehead atoms. The van der Waals surface area contributed by atoms with Gasteiger partial charge in [-0.1, -0.05) is 29.8 Å². The van der Waals surface area contributed by atoms with Gasteiger partial charge in [0.2, 0.25) is 5.95 Å². The Bertz CT molecular complexity index is 2460. The van der Waals surface area contributed by atoms with E-state index < -0.39 is 90.4 Å². The van der Waals surface area contributed by atoms with Crippen LogP contribution in [0.3, 0.4) is 0 Å². The summed E-state index contributed by atoms with van der Waals surface area (Å²) < 4.78 is 129. The van der Waals surface area contributed by atoms with Gasteiger partial charge < -0.3 is 10.4 Å². The van der Waals surface area contributed by atoms with Crippen molar-refractivity contribution in [3.05, 3.63) is 71.6 Å². The van der Waals surface area contributed by atoms with Gasteiger partial charge in [-0.15, -0.1) is 10.2 Å². The first-order valence-electron chi connectivity index (χ1n) is 11.7. The monoisotopic (exact) mass is 770 g/mol. The molecule has 0 amide bonds. The van der Waals surface area contributed by atoms with Crippen LogP contribution in [0, 0.1) is 12.0 Å². The molecule has 0 fully saturated rings. The Kier molecular flexibility index (Phi) is 14.1. The number of phenols is 1. The molecule has 4 aromatic carbocycles. The van der Waals surface area contributed by atoms with Gasteiger partial charge in [-0.2, -0.15) is 44.0 Å². The van der Waals surface area contributed by atoms with Crippen LogP contribution in [0.15, 0.2) is 79.5 Å². The van der Waals surface area contributed by atoms with Crippen LogP contribution < -0.4 is 5.32 Å². The molecular formula is C24H14ClF2N5Na3O10S3. The van der Waals surface area contributed by atoms with Crippen molar-refractivity contribution >= 4 is 175 Å². The number of nitrogens with one attached hydrogen (secondary N) is 1. The first-order chi connectivity index (χ1) is 20.9. The topological polar surface area (TPSA) is 246 Å².